The van der Waals surface area contributed by atoms with Gasteiger partial charge in [0.1, 0.15) is 0 Å². The van der Waals surface area contributed by atoms with E-state index in [9.17, 15) is 14.9 Å². The average Bonchev–Trinajstić information content (AvgIpc) is 3.42. The number of nitro groups is 1. The Bertz CT molecular complexity index is 1260. The Kier molecular flexibility index (Phi) is 5.93. The first kappa shape index (κ1) is 20.8. The summed E-state index contributed by atoms with van der Waals surface area (Å²) >= 11 is 0. The zero-order chi connectivity index (χ0) is 22.5. The highest BCUT2D eigenvalue weighted by Crippen LogP contribution is 2.26. The normalized spacial score (nSPS) is 10.7. The molecule has 0 bridgehead atoms. The summed E-state index contributed by atoms with van der Waals surface area (Å²) in [5.41, 5.74) is 2.32. The van der Waals surface area contributed by atoms with E-state index in [0.717, 1.165) is 5.56 Å². The van der Waals surface area contributed by atoms with Gasteiger partial charge in [-0.2, -0.15) is 10.2 Å². The summed E-state index contributed by atoms with van der Waals surface area (Å²) in [6.45, 7) is 2.54. The van der Waals surface area contributed by atoms with Crippen LogP contribution in [0.5, 0.6) is 5.75 Å². The standard InChI is InChI=1S/C22H20N6O4/c1-16-5-4-6-17(13-16)14-26-12-10-21(25-26)23-22(29)18-9-11-27(24-18)15-32-20-8-3-2-7-19(20)28(30)31/h2-13H,14-15H2,1H3,(H,23,25,29). The van der Waals surface area contributed by atoms with E-state index in [1.807, 2.05) is 25.1 Å². The summed E-state index contributed by atoms with van der Waals surface area (Å²) in [6.07, 6.45) is 3.34. The maximum atomic E-state index is 12.5. The second-order valence-electron chi connectivity index (χ2n) is 7.08. The minimum atomic E-state index is -0.518. The van der Waals surface area contributed by atoms with Crippen LogP contribution in [-0.4, -0.2) is 30.4 Å². The second kappa shape index (κ2) is 9.13. The highest BCUT2D eigenvalue weighted by molar-refractivity contribution is 6.02. The van der Waals surface area contributed by atoms with Crippen LogP contribution in [0.2, 0.25) is 0 Å². The highest BCUT2D eigenvalue weighted by Gasteiger charge is 2.15. The van der Waals surface area contributed by atoms with Gasteiger partial charge in [-0.05, 0) is 24.6 Å². The topological polar surface area (TPSA) is 117 Å². The molecule has 2 aromatic carbocycles. The molecule has 4 aromatic rings. The number of hydrogen-bond donors (Lipinski definition) is 1. The number of rotatable bonds is 8. The Balaban J connectivity index is 1.35. The van der Waals surface area contributed by atoms with Gasteiger partial charge in [-0.1, -0.05) is 42.0 Å². The molecule has 0 aliphatic rings. The molecule has 162 valence electrons. The molecule has 0 saturated carbocycles. The summed E-state index contributed by atoms with van der Waals surface area (Å²) < 4.78 is 8.59. The molecule has 1 N–H and O–H groups in total. The summed E-state index contributed by atoms with van der Waals surface area (Å²) in [5.74, 6) is 0.113. The number of para-hydroxylation sites is 2. The van der Waals surface area contributed by atoms with Crippen LogP contribution in [0.3, 0.4) is 0 Å². The highest BCUT2D eigenvalue weighted by atomic mass is 16.6. The minimum Gasteiger partial charge on any atom is -0.464 e. The Morgan fingerprint density at radius 3 is 2.69 bits per heavy atom. The first-order chi connectivity index (χ1) is 15.5. The maximum absolute atomic E-state index is 12.5. The fourth-order valence-corrected chi connectivity index (χ4v) is 3.11. The van der Waals surface area contributed by atoms with Crippen LogP contribution in [0.15, 0.2) is 73.1 Å². The van der Waals surface area contributed by atoms with Gasteiger partial charge in [-0.25, -0.2) is 4.68 Å². The van der Waals surface area contributed by atoms with Gasteiger partial charge in [0.25, 0.3) is 5.91 Å². The number of ether oxygens (including phenoxy) is 1. The lowest BCUT2D eigenvalue weighted by molar-refractivity contribution is -0.386. The number of aryl methyl sites for hydroxylation is 1. The number of carbonyl (C=O) groups is 1. The lowest BCUT2D eigenvalue weighted by Gasteiger charge is -2.06. The van der Waals surface area contributed by atoms with Gasteiger partial charge in [0.15, 0.2) is 24.0 Å². The van der Waals surface area contributed by atoms with Crippen LogP contribution in [-0.2, 0) is 13.3 Å². The summed E-state index contributed by atoms with van der Waals surface area (Å²) in [6, 6.07) is 17.4. The number of benzene rings is 2. The summed E-state index contributed by atoms with van der Waals surface area (Å²) in [5, 5.41) is 22.3. The van der Waals surface area contributed by atoms with Gasteiger partial charge in [0.05, 0.1) is 11.5 Å². The second-order valence-corrected chi connectivity index (χ2v) is 7.08. The van der Waals surface area contributed by atoms with Gasteiger partial charge < -0.3 is 10.1 Å². The molecule has 0 fully saturated rings. The largest absolute Gasteiger partial charge is 0.464 e. The number of nitro benzene ring substituents is 1. The van der Waals surface area contributed by atoms with Crippen molar-refractivity contribution in [1.29, 1.82) is 0 Å². The van der Waals surface area contributed by atoms with Crippen molar-refractivity contribution in [3.05, 3.63) is 100.0 Å². The van der Waals surface area contributed by atoms with Crippen molar-refractivity contribution in [3.8, 4) is 5.75 Å². The van der Waals surface area contributed by atoms with E-state index in [-0.39, 0.29) is 23.9 Å². The zero-order valence-electron chi connectivity index (χ0n) is 17.2. The molecule has 10 nitrogen and oxygen atoms in total. The molecule has 10 heteroatoms. The summed E-state index contributed by atoms with van der Waals surface area (Å²) in [4.78, 5) is 23.0. The van der Waals surface area contributed by atoms with Gasteiger partial charge in [0.2, 0.25) is 0 Å². The zero-order valence-corrected chi connectivity index (χ0v) is 17.2. The van der Waals surface area contributed by atoms with Crippen molar-refractivity contribution >= 4 is 17.4 Å². The number of nitrogens with zero attached hydrogens (tertiary/aromatic N) is 5. The Hall–Kier alpha value is -4.47. The monoisotopic (exact) mass is 432 g/mol. The van der Waals surface area contributed by atoms with E-state index in [0.29, 0.717) is 12.4 Å². The molecule has 0 radical (unpaired) electrons. The van der Waals surface area contributed by atoms with Crippen molar-refractivity contribution in [3.63, 3.8) is 0 Å². The average molecular weight is 432 g/mol. The number of anilines is 1. The molecule has 32 heavy (non-hydrogen) atoms. The third-order valence-electron chi connectivity index (χ3n) is 4.60. The molecule has 0 atom stereocenters. The van der Waals surface area contributed by atoms with E-state index in [1.54, 1.807) is 35.3 Å². The number of nitrogens with one attached hydrogen (secondary N) is 1. The molecule has 4 rings (SSSR count). The Labute approximate surface area is 183 Å². The van der Waals surface area contributed by atoms with Gasteiger partial charge in [-0.3, -0.25) is 19.6 Å². The van der Waals surface area contributed by atoms with Crippen LogP contribution in [0, 0.1) is 17.0 Å². The first-order valence-electron chi connectivity index (χ1n) is 9.78. The molecular weight excluding hydrogens is 412 g/mol. The van der Waals surface area contributed by atoms with E-state index >= 15 is 0 Å². The molecule has 0 saturated heterocycles. The van der Waals surface area contributed by atoms with Crippen LogP contribution in [0.1, 0.15) is 21.6 Å². The predicted octanol–water partition coefficient (Wildman–Crippen LogP) is 3.63. The molecule has 0 aliphatic heterocycles. The molecular formula is C22H20N6O4. The van der Waals surface area contributed by atoms with Crippen molar-refractivity contribution in [2.24, 2.45) is 0 Å². The SMILES string of the molecule is Cc1cccc(Cn2ccc(NC(=O)c3ccn(COc4ccccc4[N+](=O)[O-])n3)n2)c1. The first-order valence-corrected chi connectivity index (χ1v) is 9.78. The predicted molar refractivity (Wildman–Crippen MR) is 116 cm³/mol. The Morgan fingerprint density at radius 1 is 1.06 bits per heavy atom. The van der Waals surface area contributed by atoms with Crippen molar-refractivity contribution in [2.75, 3.05) is 5.32 Å². The van der Waals surface area contributed by atoms with Crippen LogP contribution in [0.4, 0.5) is 11.5 Å². The quantitative estimate of drug-likeness (QED) is 0.336. The van der Waals surface area contributed by atoms with E-state index in [1.165, 1.54) is 28.4 Å². The van der Waals surface area contributed by atoms with E-state index in [4.69, 9.17) is 4.74 Å². The van der Waals surface area contributed by atoms with E-state index < -0.39 is 10.8 Å². The maximum Gasteiger partial charge on any atom is 0.311 e. The third-order valence-corrected chi connectivity index (χ3v) is 4.60. The van der Waals surface area contributed by atoms with Crippen molar-refractivity contribution in [2.45, 2.75) is 20.2 Å². The fraction of sp³-hybridized carbons (Fsp3) is 0.136. The molecule has 0 unspecified atom stereocenters. The number of aromatic nitrogens is 4. The van der Waals surface area contributed by atoms with Gasteiger partial charge in [-0.15, -0.1) is 0 Å². The number of hydrogen-bond acceptors (Lipinski definition) is 6. The van der Waals surface area contributed by atoms with Crippen LogP contribution >= 0.6 is 0 Å². The molecule has 0 aliphatic carbocycles. The lowest BCUT2D eigenvalue weighted by atomic mass is 10.1. The molecule has 1 amide bonds. The van der Waals surface area contributed by atoms with Gasteiger partial charge >= 0.3 is 5.69 Å². The van der Waals surface area contributed by atoms with Gasteiger partial charge in [0, 0.05) is 24.5 Å². The number of carbonyl (C=O) groups excluding carboxylic acids is 1. The fourth-order valence-electron chi connectivity index (χ4n) is 3.11. The van der Waals surface area contributed by atoms with Crippen molar-refractivity contribution in [1.82, 2.24) is 19.6 Å². The summed E-state index contributed by atoms with van der Waals surface area (Å²) in [7, 11) is 0. The molecule has 0 spiro atoms. The minimum absolute atomic E-state index is 0.0801. The van der Waals surface area contributed by atoms with Crippen molar-refractivity contribution < 1.29 is 14.5 Å². The Morgan fingerprint density at radius 2 is 1.88 bits per heavy atom. The smallest absolute Gasteiger partial charge is 0.311 e. The van der Waals surface area contributed by atoms with Crippen LogP contribution in [0.25, 0.3) is 0 Å². The lowest BCUT2D eigenvalue weighted by Crippen LogP contribution is -2.15. The third kappa shape index (κ3) is 4.98. The van der Waals surface area contributed by atoms with Crippen LogP contribution < -0.4 is 10.1 Å². The number of amides is 1. The molecule has 2 heterocycles. The van der Waals surface area contributed by atoms with E-state index in [2.05, 4.69) is 21.6 Å². The molecule has 2 aromatic heterocycles.